The highest BCUT2D eigenvalue weighted by atomic mass is 19.4. The minimum atomic E-state index is -4.63. The average Bonchev–Trinajstić information content (AvgIpc) is 2.96. The number of nitrogens with zero attached hydrogens (tertiary/aromatic N) is 2. The highest BCUT2D eigenvalue weighted by Crippen LogP contribution is 2.35. The molecule has 0 radical (unpaired) electrons. The monoisotopic (exact) mass is 358 g/mol. The lowest BCUT2D eigenvalue weighted by atomic mass is 9.95. The van der Waals surface area contributed by atoms with Crippen molar-refractivity contribution < 1.29 is 27.2 Å². The van der Waals surface area contributed by atoms with Crippen molar-refractivity contribution in [2.75, 3.05) is 26.7 Å². The molecule has 8 heteroatoms. The summed E-state index contributed by atoms with van der Waals surface area (Å²) < 4.78 is 43.9. The van der Waals surface area contributed by atoms with Crippen molar-refractivity contribution in [1.82, 2.24) is 9.80 Å². The molecule has 0 aliphatic carbocycles. The number of piperidine rings is 1. The standard InChI is InChI=1S/C17H21F3N2O3/c1-4-14(23)21(3)9-12-5-7-22(8-6-12)16(24)15-11(2)25-10-13(15)17(18,19)20/h4,10,12H,1,5-9H2,2-3H3. The van der Waals surface area contributed by atoms with Gasteiger partial charge in [-0.3, -0.25) is 9.59 Å². The van der Waals surface area contributed by atoms with Gasteiger partial charge in [0.05, 0.1) is 5.56 Å². The molecule has 25 heavy (non-hydrogen) atoms. The molecule has 0 bridgehead atoms. The van der Waals surface area contributed by atoms with E-state index in [9.17, 15) is 22.8 Å². The summed E-state index contributed by atoms with van der Waals surface area (Å²) in [5, 5.41) is 0. The quantitative estimate of drug-likeness (QED) is 0.777. The fourth-order valence-corrected chi connectivity index (χ4v) is 3.04. The molecule has 0 N–H and O–H groups in total. The number of likely N-dealkylation sites (tertiary alicyclic amines) is 1. The Kier molecular flexibility index (Phi) is 5.59. The zero-order valence-electron chi connectivity index (χ0n) is 14.2. The predicted molar refractivity (Wildman–Crippen MR) is 84.9 cm³/mol. The number of rotatable bonds is 4. The molecule has 0 atom stereocenters. The van der Waals surface area contributed by atoms with Gasteiger partial charge in [-0.2, -0.15) is 13.2 Å². The van der Waals surface area contributed by atoms with Gasteiger partial charge in [-0.05, 0) is 31.8 Å². The van der Waals surface area contributed by atoms with Gasteiger partial charge in [-0.1, -0.05) is 6.58 Å². The molecule has 138 valence electrons. The van der Waals surface area contributed by atoms with E-state index in [-0.39, 0.29) is 17.6 Å². The van der Waals surface area contributed by atoms with Gasteiger partial charge < -0.3 is 14.2 Å². The van der Waals surface area contributed by atoms with E-state index in [1.165, 1.54) is 17.9 Å². The van der Waals surface area contributed by atoms with Crippen LogP contribution < -0.4 is 0 Å². The van der Waals surface area contributed by atoms with Crippen LogP contribution in [0.4, 0.5) is 13.2 Å². The molecule has 2 amide bonds. The van der Waals surface area contributed by atoms with E-state index < -0.39 is 23.2 Å². The maximum atomic E-state index is 13.0. The average molecular weight is 358 g/mol. The van der Waals surface area contributed by atoms with Gasteiger partial charge in [-0.25, -0.2) is 0 Å². The van der Waals surface area contributed by atoms with Gasteiger partial charge in [0.1, 0.15) is 17.6 Å². The molecule has 2 rings (SSSR count). The summed E-state index contributed by atoms with van der Waals surface area (Å²) >= 11 is 0. The molecular weight excluding hydrogens is 337 g/mol. The highest BCUT2D eigenvalue weighted by Gasteiger charge is 2.40. The third-order valence-corrected chi connectivity index (χ3v) is 4.48. The maximum Gasteiger partial charge on any atom is 0.420 e. The van der Waals surface area contributed by atoms with Gasteiger partial charge >= 0.3 is 6.18 Å². The number of amides is 2. The number of furan rings is 1. The smallest absolute Gasteiger partial charge is 0.420 e. The minimum Gasteiger partial charge on any atom is -0.468 e. The lowest BCUT2D eigenvalue weighted by molar-refractivity contribution is -0.138. The Morgan fingerprint density at radius 1 is 1.40 bits per heavy atom. The number of halogens is 3. The number of alkyl halides is 3. The number of aryl methyl sites for hydroxylation is 1. The van der Waals surface area contributed by atoms with Crippen LogP contribution in [0.25, 0.3) is 0 Å². The molecule has 1 saturated heterocycles. The van der Waals surface area contributed by atoms with E-state index >= 15 is 0 Å². The Balaban J connectivity index is 2.02. The van der Waals surface area contributed by atoms with E-state index in [0.717, 1.165) is 0 Å². The number of carbonyl (C=O) groups is 2. The zero-order chi connectivity index (χ0) is 18.8. The van der Waals surface area contributed by atoms with Crippen LogP contribution in [0.3, 0.4) is 0 Å². The first kappa shape index (κ1) is 19.1. The van der Waals surface area contributed by atoms with Gasteiger partial charge in [0.15, 0.2) is 0 Å². The summed E-state index contributed by atoms with van der Waals surface area (Å²) in [5.74, 6) is -0.670. The Hall–Kier alpha value is -2.25. The summed E-state index contributed by atoms with van der Waals surface area (Å²) in [6.45, 7) is 6.01. The van der Waals surface area contributed by atoms with E-state index in [1.54, 1.807) is 11.9 Å². The lowest BCUT2D eigenvalue weighted by Crippen LogP contribution is -2.42. The SMILES string of the molecule is C=CC(=O)N(C)CC1CCN(C(=O)c2c(C(F)(F)F)coc2C)CC1. The summed E-state index contributed by atoms with van der Waals surface area (Å²) in [6.07, 6.45) is -1.56. The fraction of sp³-hybridized carbons (Fsp3) is 0.529. The first-order valence-electron chi connectivity index (χ1n) is 7.97. The topological polar surface area (TPSA) is 53.8 Å². The van der Waals surface area contributed by atoms with Crippen molar-refractivity contribution in [3.05, 3.63) is 35.8 Å². The molecule has 1 aromatic rings. The van der Waals surface area contributed by atoms with Crippen LogP contribution in [0, 0.1) is 12.8 Å². The summed E-state index contributed by atoms with van der Waals surface area (Å²) in [5.41, 5.74) is -1.45. The third-order valence-electron chi connectivity index (χ3n) is 4.48. The van der Waals surface area contributed by atoms with Crippen LogP contribution >= 0.6 is 0 Å². The van der Waals surface area contributed by atoms with Crippen LogP contribution in [0.2, 0.25) is 0 Å². The molecule has 0 saturated carbocycles. The first-order valence-corrected chi connectivity index (χ1v) is 7.97. The van der Waals surface area contributed by atoms with Crippen molar-refractivity contribution in [3.63, 3.8) is 0 Å². The van der Waals surface area contributed by atoms with Gasteiger partial charge in [0.2, 0.25) is 5.91 Å². The van der Waals surface area contributed by atoms with Gasteiger partial charge in [0.25, 0.3) is 5.91 Å². The van der Waals surface area contributed by atoms with Crippen molar-refractivity contribution in [2.24, 2.45) is 5.92 Å². The van der Waals surface area contributed by atoms with Crippen LogP contribution in [-0.2, 0) is 11.0 Å². The lowest BCUT2D eigenvalue weighted by Gasteiger charge is -2.34. The summed E-state index contributed by atoms with van der Waals surface area (Å²) in [6, 6.07) is 0. The van der Waals surface area contributed by atoms with Crippen LogP contribution in [0.15, 0.2) is 23.3 Å². The van der Waals surface area contributed by atoms with E-state index in [0.29, 0.717) is 38.7 Å². The molecule has 1 fully saturated rings. The fourth-order valence-electron chi connectivity index (χ4n) is 3.04. The molecule has 0 aromatic carbocycles. The zero-order valence-corrected chi connectivity index (χ0v) is 14.2. The number of carbonyl (C=O) groups excluding carboxylic acids is 2. The van der Waals surface area contributed by atoms with Crippen molar-refractivity contribution in [2.45, 2.75) is 25.9 Å². The number of likely N-dealkylation sites (N-methyl/N-ethyl adjacent to an activating group) is 1. The minimum absolute atomic E-state index is 0.0317. The van der Waals surface area contributed by atoms with E-state index in [4.69, 9.17) is 4.42 Å². The van der Waals surface area contributed by atoms with Crippen LogP contribution in [0.5, 0.6) is 0 Å². The predicted octanol–water partition coefficient (Wildman–Crippen LogP) is 3.10. The van der Waals surface area contributed by atoms with Crippen molar-refractivity contribution in [3.8, 4) is 0 Å². The number of hydrogen-bond acceptors (Lipinski definition) is 3. The van der Waals surface area contributed by atoms with Crippen molar-refractivity contribution >= 4 is 11.8 Å². The normalized spacial score (nSPS) is 16.0. The Morgan fingerprint density at radius 3 is 2.52 bits per heavy atom. The molecule has 2 heterocycles. The highest BCUT2D eigenvalue weighted by molar-refractivity contribution is 5.97. The second-order valence-corrected chi connectivity index (χ2v) is 6.24. The molecule has 0 spiro atoms. The van der Waals surface area contributed by atoms with E-state index in [1.807, 2.05) is 0 Å². The van der Waals surface area contributed by atoms with Crippen LogP contribution in [-0.4, -0.2) is 48.3 Å². The van der Waals surface area contributed by atoms with Crippen LogP contribution in [0.1, 0.15) is 34.5 Å². The van der Waals surface area contributed by atoms with Crippen molar-refractivity contribution in [1.29, 1.82) is 0 Å². The molecular formula is C17H21F3N2O3. The molecule has 1 aromatic heterocycles. The maximum absolute atomic E-state index is 13.0. The molecule has 5 nitrogen and oxygen atoms in total. The largest absolute Gasteiger partial charge is 0.468 e. The first-order chi connectivity index (χ1) is 11.6. The van der Waals surface area contributed by atoms with Gasteiger partial charge in [0, 0.05) is 26.7 Å². The number of hydrogen-bond donors (Lipinski definition) is 0. The molecule has 0 unspecified atom stereocenters. The Morgan fingerprint density at radius 2 is 2.00 bits per heavy atom. The Labute approximate surface area is 144 Å². The molecule has 1 aliphatic heterocycles. The Bertz CT molecular complexity index is 659. The summed E-state index contributed by atoms with van der Waals surface area (Å²) in [4.78, 5) is 27.0. The second kappa shape index (κ2) is 7.33. The second-order valence-electron chi connectivity index (χ2n) is 6.24. The molecule has 1 aliphatic rings. The van der Waals surface area contributed by atoms with E-state index in [2.05, 4.69) is 6.58 Å². The summed E-state index contributed by atoms with van der Waals surface area (Å²) in [7, 11) is 1.67. The third kappa shape index (κ3) is 4.24. The van der Waals surface area contributed by atoms with Gasteiger partial charge in [-0.15, -0.1) is 0 Å².